The van der Waals surface area contributed by atoms with Crippen LogP contribution in [-0.2, 0) is 16.8 Å². The molecule has 0 bridgehead atoms. The number of hydrogen-bond donors (Lipinski definition) is 0. The molecule has 4 heteroatoms. The number of ether oxygens (including phenoxy) is 3. The van der Waals surface area contributed by atoms with Crippen LogP contribution in [0.25, 0.3) is 0 Å². The number of benzene rings is 2. The van der Waals surface area contributed by atoms with Crippen LogP contribution in [-0.4, -0.2) is 13.1 Å². The largest absolute Gasteiger partial charge is 0.497 e. The molecule has 2 aromatic rings. The minimum absolute atomic E-state index is 0.146. The first-order valence-corrected chi connectivity index (χ1v) is 11.0. The molecule has 0 aromatic heterocycles. The van der Waals surface area contributed by atoms with Gasteiger partial charge in [-0.05, 0) is 81.3 Å². The van der Waals surface area contributed by atoms with E-state index in [2.05, 4.69) is 26.8 Å². The van der Waals surface area contributed by atoms with Gasteiger partial charge in [0, 0.05) is 12.0 Å². The highest BCUT2D eigenvalue weighted by Gasteiger charge is 2.36. The zero-order valence-corrected chi connectivity index (χ0v) is 19.2. The highest BCUT2D eigenvalue weighted by atomic mass is 16.5. The van der Waals surface area contributed by atoms with E-state index < -0.39 is 5.60 Å². The molecule has 0 saturated carbocycles. The Kier molecular flexibility index (Phi) is 6.74. The molecule has 1 unspecified atom stereocenters. The molecule has 0 saturated heterocycles. The third kappa shape index (κ3) is 4.33. The van der Waals surface area contributed by atoms with E-state index in [4.69, 9.17) is 14.2 Å². The smallest absolute Gasteiger partial charge is 0.311 e. The molecule has 0 radical (unpaired) electrons. The molecule has 0 amide bonds. The maximum atomic E-state index is 12.4. The first kappa shape index (κ1) is 22.2. The SMILES string of the molecule is CCCCCC(=O)Oc1c(C)c(C)c2c(c1C)CCC(C)(c1cccc(OC)c1)O2. The van der Waals surface area contributed by atoms with Crippen molar-refractivity contribution in [1.82, 2.24) is 0 Å². The second kappa shape index (κ2) is 9.11. The van der Waals surface area contributed by atoms with Crippen LogP contribution < -0.4 is 14.2 Å². The topological polar surface area (TPSA) is 44.8 Å². The summed E-state index contributed by atoms with van der Waals surface area (Å²) in [7, 11) is 1.68. The Balaban J connectivity index is 1.91. The van der Waals surface area contributed by atoms with Crippen molar-refractivity contribution in [2.75, 3.05) is 7.11 Å². The Bertz CT molecular complexity index is 931. The normalized spacial score (nSPS) is 17.8. The number of esters is 1. The summed E-state index contributed by atoms with van der Waals surface area (Å²) < 4.78 is 17.9. The molecule has 30 heavy (non-hydrogen) atoms. The molecule has 162 valence electrons. The van der Waals surface area contributed by atoms with Gasteiger partial charge >= 0.3 is 5.97 Å². The van der Waals surface area contributed by atoms with E-state index in [1.54, 1.807) is 7.11 Å². The predicted octanol–water partition coefficient (Wildman–Crippen LogP) is 6.35. The fraction of sp³-hybridized carbons (Fsp3) is 0.500. The van der Waals surface area contributed by atoms with Crippen LogP contribution in [0, 0.1) is 20.8 Å². The van der Waals surface area contributed by atoms with Gasteiger partial charge < -0.3 is 14.2 Å². The van der Waals surface area contributed by atoms with Crippen molar-refractivity contribution < 1.29 is 19.0 Å². The van der Waals surface area contributed by atoms with Crippen molar-refractivity contribution in [3.8, 4) is 17.2 Å². The number of carbonyl (C=O) groups is 1. The molecule has 1 heterocycles. The van der Waals surface area contributed by atoms with E-state index in [-0.39, 0.29) is 5.97 Å². The second-order valence-electron chi connectivity index (χ2n) is 8.51. The predicted molar refractivity (Wildman–Crippen MR) is 120 cm³/mol. The van der Waals surface area contributed by atoms with Crippen LogP contribution in [0.4, 0.5) is 0 Å². The Labute approximate surface area is 180 Å². The fourth-order valence-corrected chi connectivity index (χ4v) is 4.23. The van der Waals surface area contributed by atoms with Gasteiger partial charge in [-0.15, -0.1) is 0 Å². The van der Waals surface area contributed by atoms with Gasteiger partial charge in [-0.3, -0.25) is 4.79 Å². The molecule has 0 spiro atoms. The quantitative estimate of drug-likeness (QED) is 0.303. The molecule has 0 fully saturated rings. The highest BCUT2D eigenvalue weighted by molar-refractivity contribution is 5.74. The summed E-state index contributed by atoms with van der Waals surface area (Å²) in [6, 6.07) is 8.09. The zero-order valence-electron chi connectivity index (χ0n) is 19.2. The minimum atomic E-state index is -0.427. The molecule has 4 nitrogen and oxygen atoms in total. The molecular formula is C26H34O4. The van der Waals surface area contributed by atoms with Crippen molar-refractivity contribution in [3.05, 3.63) is 52.1 Å². The molecule has 3 rings (SSSR count). The summed E-state index contributed by atoms with van der Waals surface area (Å²) >= 11 is 0. The summed E-state index contributed by atoms with van der Waals surface area (Å²) in [5.74, 6) is 2.32. The number of methoxy groups -OCH3 is 1. The van der Waals surface area contributed by atoms with Crippen molar-refractivity contribution in [2.45, 2.75) is 78.7 Å². The van der Waals surface area contributed by atoms with Crippen molar-refractivity contribution in [1.29, 1.82) is 0 Å². The summed E-state index contributed by atoms with van der Waals surface area (Å²) in [6.07, 6.45) is 5.20. The maximum Gasteiger partial charge on any atom is 0.311 e. The van der Waals surface area contributed by atoms with Crippen LogP contribution in [0.3, 0.4) is 0 Å². The van der Waals surface area contributed by atoms with E-state index >= 15 is 0 Å². The van der Waals surface area contributed by atoms with Crippen molar-refractivity contribution >= 4 is 5.97 Å². The monoisotopic (exact) mass is 410 g/mol. The van der Waals surface area contributed by atoms with Gasteiger partial charge in [-0.2, -0.15) is 0 Å². The van der Waals surface area contributed by atoms with Crippen LogP contribution in [0.15, 0.2) is 24.3 Å². The third-order valence-electron chi connectivity index (χ3n) is 6.37. The van der Waals surface area contributed by atoms with Gasteiger partial charge in [0.25, 0.3) is 0 Å². The molecule has 1 aliphatic rings. The van der Waals surface area contributed by atoms with E-state index in [0.717, 1.165) is 71.4 Å². The third-order valence-corrected chi connectivity index (χ3v) is 6.37. The van der Waals surface area contributed by atoms with E-state index in [0.29, 0.717) is 12.2 Å². The van der Waals surface area contributed by atoms with Crippen molar-refractivity contribution in [3.63, 3.8) is 0 Å². The number of hydrogen-bond acceptors (Lipinski definition) is 4. The van der Waals surface area contributed by atoms with E-state index in [9.17, 15) is 4.79 Å². The van der Waals surface area contributed by atoms with E-state index in [1.807, 2.05) is 32.0 Å². The maximum absolute atomic E-state index is 12.4. The second-order valence-corrected chi connectivity index (χ2v) is 8.51. The van der Waals surface area contributed by atoms with Gasteiger partial charge in [0.15, 0.2) is 0 Å². The van der Waals surface area contributed by atoms with Crippen LogP contribution in [0.2, 0.25) is 0 Å². The number of carbonyl (C=O) groups excluding carboxylic acids is 1. The number of fused-ring (bicyclic) bond motifs is 1. The average molecular weight is 411 g/mol. The van der Waals surface area contributed by atoms with Gasteiger partial charge in [0.05, 0.1) is 7.11 Å². The molecule has 1 aliphatic heterocycles. The molecular weight excluding hydrogens is 376 g/mol. The Morgan fingerprint density at radius 3 is 2.60 bits per heavy atom. The zero-order chi connectivity index (χ0) is 21.9. The van der Waals surface area contributed by atoms with Crippen molar-refractivity contribution in [2.24, 2.45) is 0 Å². The number of unbranched alkanes of at least 4 members (excludes halogenated alkanes) is 2. The van der Waals surface area contributed by atoms with Gasteiger partial charge in [-0.1, -0.05) is 31.9 Å². The standard InChI is InChI=1S/C26H34O4/c1-7-8-9-13-23(27)29-24-17(2)18(3)25-22(19(24)4)14-15-26(5,30-25)20-11-10-12-21(16-20)28-6/h10-12,16H,7-9,13-15H2,1-6H3. The first-order chi connectivity index (χ1) is 14.3. The van der Waals surface area contributed by atoms with Gasteiger partial charge in [0.1, 0.15) is 22.8 Å². The van der Waals surface area contributed by atoms with Crippen LogP contribution in [0.1, 0.15) is 73.8 Å². The van der Waals surface area contributed by atoms with Gasteiger partial charge in [0.2, 0.25) is 0 Å². The lowest BCUT2D eigenvalue weighted by molar-refractivity contribution is -0.134. The van der Waals surface area contributed by atoms with E-state index in [1.165, 1.54) is 0 Å². The average Bonchev–Trinajstić information content (AvgIpc) is 2.75. The van der Waals surface area contributed by atoms with Crippen LogP contribution in [0.5, 0.6) is 17.2 Å². The minimum Gasteiger partial charge on any atom is -0.497 e. The van der Waals surface area contributed by atoms with Crippen LogP contribution >= 0.6 is 0 Å². The highest BCUT2D eigenvalue weighted by Crippen LogP contribution is 2.47. The Hall–Kier alpha value is -2.49. The lowest BCUT2D eigenvalue weighted by Gasteiger charge is -2.38. The summed E-state index contributed by atoms with van der Waals surface area (Å²) in [5, 5.41) is 0. The lowest BCUT2D eigenvalue weighted by Crippen LogP contribution is -2.34. The molecule has 2 aromatic carbocycles. The number of rotatable bonds is 7. The lowest BCUT2D eigenvalue weighted by atomic mass is 9.83. The summed E-state index contributed by atoms with van der Waals surface area (Å²) in [6.45, 7) is 10.4. The molecule has 1 atom stereocenters. The van der Waals surface area contributed by atoms with Gasteiger partial charge in [-0.25, -0.2) is 0 Å². The summed E-state index contributed by atoms with van der Waals surface area (Å²) in [5.41, 5.74) is 4.86. The Morgan fingerprint density at radius 2 is 1.90 bits per heavy atom. The molecule has 0 N–H and O–H groups in total. The summed E-state index contributed by atoms with van der Waals surface area (Å²) in [4.78, 5) is 12.4. The first-order valence-electron chi connectivity index (χ1n) is 11.0. The molecule has 0 aliphatic carbocycles. The fourth-order valence-electron chi connectivity index (χ4n) is 4.23. The Morgan fingerprint density at radius 1 is 1.13 bits per heavy atom.